The van der Waals surface area contributed by atoms with Crippen molar-refractivity contribution in [2.45, 2.75) is 19.9 Å². The molecule has 0 spiro atoms. The molecule has 0 bridgehead atoms. The van der Waals surface area contributed by atoms with E-state index in [9.17, 15) is 14.0 Å². The molecule has 2 aromatic carbocycles. The average molecular weight is 370 g/mol. The highest BCUT2D eigenvalue weighted by Crippen LogP contribution is 2.16. The van der Waals surface area contributed by atoms with E-state index in [2.05, 4.69) is 27.8 Å². The van der Waals surface area contributed by atoms with Crippen LogP contribution in [0, 0.1) is 12.7 Å². The second-order valence-corrected chi connectivity index (χ2v) is 6.02. The Labute approximate surface area is 157 Å². The molecule has 7 heteroatoms. The number of rotatable bonds is 7. The molecule has 2 aromatic rings. The van der Waals surface area contributed by atoms with E-state index in [0.717, 1.165) is 0 Å². The Morgan fingerprint density at radius 2 is 1.70 bits per heavy atom. The van der Waals surface area contributed by atoms with Crippen molar-refractivity contribution >= 4 is 29.0 Å². The molecule has 27 heavy (non-hydrogen) atoms. The van der Waals surface area contributed by atoms with E-state index in [0.29, 0.717) is 29.2 Å². The molecule has 3 amide bonds. The van der Waals surface area contributed by atoms with Crippen LogP contribution in [0.2, 0.25) is 0 Å². The summed E-state index contributed by atoms with van der Waals surface area (Å²) in [5.74, 6) is -0.655. The molecule has 0 aromatic heterocycles. The van der Waals surface area contributed by atoms with Crippen LogP contribution in [0.25, 0.3) is 0 Å². The average Bonchev–Trinajstić information content (AvgIpc) is 2.64. The summed E-state index contributed by atoms with van der Waals surface area (Å²) in [6, 6.07) is 10.6. The van der Waals surface area contributed by atoms with E-state index in [4.69, 9.17) is 0 Å². The van der Waals surface area contributed by atoms with Gasteiger partial charge >= 0.3 is 6.03 Å². The monoisotopic (exact) mass is 370 g/mol. The first-order valence-electron chi connectivity index (χ1n) is 8.48. The molecule has 0 fully saturated rings. The van der Waals surface area contributed by atoms with Crippen LogP contribution in [0.15, 0.2) is 55.1 Å². The predicted octanol–water partition coefficient (Wildman–Crippen LogP) is 3.88. The van der Waals surface area contributed by atoms with Crippen LogP contribution in [0.5, 0.6) is 0 Å². The van der Waals surface area contributed by atoms with Gasteiger partial charge in [-0.25, -0.2) is 9.18 Å². The lowest BCUT2D eigenvalue weighted by molar-refractivity contribution is -0.116. The van der Waals surface area contributed by atoms with Gasteiger partial charge in [-0.1, -0.05) is 12.1 Å². The summed E-state index contributed by atoms with van der Waals surface area (Å²) < 4.78 is 13.6. The Balaban J connectivity index is 1.89. The van der Waals surface area contributed by atoms with Crippen molar-refractivity contribution in [3.05, 3.63) is 66.5 Å². The number of anilines is 3. The summed E-state index contributed by atoms with van der Waals surface area (Å²) in [4.78, 5) is 23.8. The zero-order valence-electron chi connectivity index (χ0n) is 15.3. The van der Waals surface area contributed by atoms with E-state index in [1.54, 1.807) is 56.3 Å². The Kier molecular flexibility index (Phi) is 6.93. The van der Waals surface area contributed by atoms with Gasteiger partial charge in [0.2, 0.25) is 5.91 Å². The molecular formula is C20H23FN4O2. The van der Waals surface area contributed by atoms with Gasteiger partial charge in [0.1, 0.15) is 11.9 Å². The molecule has 0 radical (unpaired) electrons. The third-order valence-corrected chi connectivity index (χ3v) is 3.77. The molecule has 142 valence electrons. The third-order valence-electron chi connectivity index (χ3n) is 3.77. The van der Waals surface area contributed by atoms with Crippen LogP contribution < -0.4 is 21.3 Å². The van der Waals surface area contributed by atoms with Gasteiger partial charge in [-0.2, -0.15) is 0 Å². The minimum atomic E-state index is -0.538. The topological polar surface area (TPSA) is 82.3 Å². The van der Waals surface area contributed by atoms with Crippen molar-refractivity contribution in [2.75, 3.05) is 22.5 Å². The zero-order chi connectivity index (χ0) is 19.8. The quantitative estimate of drug-likeness (QED) is 0.558. The smallest absolute Gasteiger partial charge is 0.319 e. The van der Waals surface area contributed by atoms with Gasteiger partial charge in [0, 0.05) is 23.6 Å². The summed E-state index contributed by atoms with van der Waals surface area (Å²) in [5, 5.41) is 11.0. The first-order chi connectivity index (χ1) is 12.9. The fourth-order valence-electron chi connectivity index (χ4n) is 2.23. The van der Waals surface area contributed by atoms with Crippen molar-refractivity contribution in [3.63, 3.8) is 0 Å². The number of carbonyl (C=O) groups excluding carboxylic acids is 2. The van der Waals surface area contributed by atoms with Crippen LogP contribution in [0.1, 0.15) is 12.5 Å². The largest absolute Gasteiger partial charge is 0.374 e. The van der Waals surface area contributed by atoms with Crippen molar-refractivity contribution < 1.29 is 14.0 Å². The molecule has 0 saturated heterocycles. The molecule has 1 unspecified atom stereocenters. The number of hydrogen-bond donors (Lipinski definition) is 4. The predicted molar refractivity (Wildman–Crippen MR) is 107 cm³/mol. The van der Waals surface area contributed by atoms with Gasteiger partial charge in [0.25, 0.3) is 0 Å². The molecule has 1 atom stereocenters. The van der Waals surface area contributed by atoms with Crippen LogP contribution in [-0.4, -0.2) is 24.5 Å². The summed E-state index contributed by atoms with van der Waals surface area (Å²) in [6.45, 7) is 7.27. The van der Waals surface area contributed by atoms with Crippen LogP contribution in [0.4, 0.5) is 26.2 Å². The van der Waals surface area contributed by atoms with Gasteiger partial charge in [-0.15, -0.1) is 6.58 Å². The number of urea groups is 1. The second-order valence-electron chi connectivity index (χ2n) is 6.02. The molecule has 6 nitrogen and oxygen atoms in total. The summed E-state index contributed by atoms with van der Waals surface area (Å²) in [7, 11) is 0. The normalized spacial score (nSPS) is 11.2. The van der Waals surface area contributed by atoms with Crippen LogP contribution in [-0.2, 0) is 4.79 Å². The standard InChI is InChI=1S/C20H23FN4O2/c1-4-11-22-20(27)25-16-9-7-15(8-10-16)23-14(3)19(26)24-17-6-5-13(2)18(21)12-17/h4-10,12,14,23H,1,11H2,2-3H3,(H,24,26)(H2,22,25,27). The number of benzene rings is 2. The van der Waals surface area contributed by atoms with Crippen molar-refractivity contribution in [2.24, 2.45) is 0 Å². The number of carbonyl (C=O) groups is 2. The maximum absolute atomic E-state index is 13.6. The molecular weight excluding hydrogens is 347 g/mol. The number of aryl methyl sites for hydroxylation is 1. The highest BCUT2D eigenvalue weighted by Gasteiger charge is 2.13. The molecule has 0 heterocycles. The van der Waals surface area contributed by atoms with Gasteiger partial charge in [0.15, 0.2) is 0 Å². The van der Waals surface area contributed by atoms with E-state index < -0.39 is 6.04 Å². The minimum absolute atomic E-state index is 0.288. The highest BCUT2D eigenvalue weighted by atomic mass is 19.1. The number of amides is 3. The zero-order valence-corrected chi connectivity index (χ0v) is 15.3. The van der Waals surface area contributed by atoms with Gasteiger partial charge in [-0.3, -0.25) is 4.79 Å². The number of halogens is 1. The fourth-order valence-corrected chi connectivity index (χ4v) is 2.23. The molecule has 0 aliphatic heterocycles. The summed E-state index contributed by atoms with van der Waals surface area (Å²) >= 11 is 0. The molecule has 0 aliphatic carbocycles. The Morgan fingerprint density at radius 1 is 1.07 bits per heavy atom. The number of nitrogens with one attached hydrogen (secondary N) is 4. The third kappa shape index (κ3) is 6.14. The van der Waals surface area contributed by atoms with E-state index in [1.807, 2.05) is 0 Å². The highest BCUT2D eigenvalue weighted by molar-refractivity contribution is 5.96. The van der Waals surface area contributed by atoms with Crippen molar-refractivity contribution in [3.8, 4) is 0 Å². The molecule has 0 saturated carbocycles. The van der Waals surface area contributed by atoms with E-state index in [-0.39, 0.29) is 17.8 Å². The van der Waals surface area contributed by atoms with Gasteiger partial charge < -0.3 is 21.3 Å². The lowest BCUT2D eigenvalue weighted by Crippen LogP contribution is -2.32. The number of hydrogen-bond acceptors (Lipinski definition) is 3. The maximum atomic E-state index is 13.6. The lowest BCUT2D eigenvalue weighted by atomic mass is 10.2. The first kappa shape index (κ1) is 20.0. The summed E-state index contributed by atoms with van der Waals surface area (Å²) in [6.07, 6.45) is 1.59. The minimum Gasteiger partial charge on any atom is -0.374 e. The van der Waals surface area contributed by atoms with Gasteiger partial charge in [-0.05, 0) is 55.8 Å². The van der Waals surface area contributed by atoms with Crippen LogP contribution in [0.3, 0.4) is 0 Å². The van der Waals surface area contributed by atoms with Crippen molar-refractivity contribution in [1.29, 1.82) is 0 Å². The Hall–Kier alpha value is -3.35. The maximum Gasteiger partial charge on any atom is 0.319 e. The van der Waals surface area contributed by atoms with Crippen LogP contribution >= 0.6 is 0 Å². The van der Waals surface area contributed by atoms with Gasteiger partial charge in [0.05, 0.1) is 0 Å². The Bertz CT molecular complexity index is 821. The second kappa shape index (κ2) is 9.38. The SMILES string of the molecule is C=CCNC(=O)Nc1ccc(NC(C)C(=O)Nc2ccc(C)c(F)c2)cc1. The Morgan fingerprint density at radius 3 is 2.33 bits per heavy atom. The molecule has 0 aliphatic rings. The van der Waals surface area contributed by atoms with E-state index >= 15 is 0 Å². The molecule has 4 N–H and O–H groups in total. The molecule has 2 rings (SSSR count). The lowest BCUT2D eigenvalue weighted by Gasteiger charge is -2.16. The summed E-state index contributed by atoms with van der Waals surface area (Å²) in [5.41, 5.74) is 2.26. The van der Waals surface area contributed by atoms with E-state index in [1.165, 1.54) is 6.07 Å². The fraction of sp³-hybridized carbons (Fsp3) is 0.200. The van der Waals surface area contributed by atoms with Crippen molar-refractivity contribution in [1.82, 2.24) is 5.32 Å². The first-order valence-corrected chi connectivity index (χ1v) is 8.48.